The average molecular weight is 287 g/mol. The molecule has 0 heterocycles. The number of nitrogens with two attached hydrogens (primary N) is 2. The first-order chi connectivity index (χ1) is 9.99. The number of primary amides is 1. The van der Waals surface area contributed by atoms with Gasteiger partial charge in [-0.05, 0) is 23.8 Å². The van der Waals surface area contributed by atoms with Crippen molar-refractivity contribution >= 4 is 17.5 Å². The normalized spacial score (nSPS) is 11.7. The van der Waals surface area contributed by atoms with E-state index in [1.165, 1.54) is 12.1 Å². The van der Waals surface area contributed by atoms with Crippen LogP contribution in [0.1, 0.15) is 22.0 Å². The maximum atomic E-state index is 13.7. The highest BCUT2D eigenvalue weighted by atomic mass is 19.1. The Bertz CT molecular complexity index is 674. The van der Waals surface area contributed by atoms with Crippen LogP contribution in [0.5, 0.6) is 0 Å². The topological polar surface area (TPSA) is 98.2 Å². The summed E-state index contributed by atoms with van der Waals surface area (Å²) < 4.78 is 13.7. The van der Waals surface area contributed by atoms with Gasteiger partial charge in [0.05, 0.1) is 5.69 Å². The number of hydrogen-bond acceptors (Lipinski definition) is 3. The van der Waals surface area contributed by atoms with Gasteiger partial charge in [0.1, 0.15) is 11.9 Å². The first-order valence-corrected chi connectivity index (χ1v) is 6.20. The Kier molecular flexibility index (Phi) is 4.30. The summed E-state index contributed by atoms with van der Waals surface area (Å²) in [5.74, 6) is -1.96. The quantitative estimate of drug-likeness (QED) is 0.795. The van der Waals surface area contributed by atoms with Crippen molar-refractivity contribution in [3.05, 3.63) is 65.5 Å². The molecule has 0 spiro atoms. The molecule has 2 aromatic carbocycles. The van der Waals surface area contributed by atoms with Crippen molar-refractivity contribution in [2.45, 2.75) is 6.04 Å². The Hall–Kier alpha value is -2.73. The van der Waals surface area contributed by atoms with Crippen LogP contribution >= 0.6 is 0 Å². The van der Waals surface area contributed by atoms with Gasteiger partial charge in [-0.2, -0.15) is 0 Å². The third-order valence-electron chi connectivity index (χ3n) is 2.95. The molecule has 2 amide bonds. The van der Waals surface area contributed by atoms with Gasteiger partial charge in [-0.15, -0.1) is 0 Å². The van der Waals surface area contributed by atoms with Gasteiger partial charge in [0.25, 0.3) is 0 Å². The minimum absolute atomic E-state index is 0.0972. The van der Waals surface area contributed by atoms with Crippen molar-refractivity contribution in [2.75, 3.05) is 5.32 Å². The van der Waals surface area contributed by atoms with Gasteiger partial charge >= 0.3 is 0 Å². The molecule has 0 aliphatic rings. The largest absolute Gasteiger partial charge is 0.366 e. The molecule has 0 saturated heterocycles. The number of anilines is 1. The standard InChI is InChI=1S/C15H14FN3O2/c16-11-7-6-10(14(18)20)8-12(11)19-15(21)13(17)9-4-2-1-3-5-9/h1-8,13H,17H2,(H2,18,20)(H,19,21)/t13-/m1/s1. The van der Waals surface area contributed by atoms with Gasteiger partial charge in [0.2, 0.25) is 11.8 Å². The van der Waals surface area contributed by atoms with E-state index in [-0.39, 0.29) is 11.3 Å². The SMILES string of the molecule is NC(=O)c1ccc(F)c(NC(=O)[C@H](N)c2ccccc2)c1. The lowest BCUT2D eigenvalue weighted by Gasteiger charge is -2.13. The summed E-state index contributed by atoms with van der Waals surface area (Å²) in [6.07, 6.45) is 0. The van der Waals surface area contributed by atoms with Crippen LogP contribution in [0.2, 0.25) is 0 Å². The Labute approximate surface area is 120 Å². The smallest absolute Gasteiger partial charge is 0.248 e. The molecule has 0 fully saturated rings. The van der Waals surface area contributed by atoms with Crippen LogP contribution in [0.15, 0.2) is 48.5 Å². The fourth-order valence-corrected chi connectivity index (χ4v) is 1.80. The van der Waals surface area contributed by atoms with Crippen LogP contribution in [0.25, 0.3) is 0 Å². The minimum Gasteiger partial charge on any atom is -0.366 e. The van der Waals surface area contributed by atoms with Gasteiger partial charge in [0.15, 0.2) is 0 Å². The Morgan fingerprint density at radius 2 is 1.76 bits per heavy atom. The maximum Gasteiger partial charge on any atom is 0.248 e. The van der Waals surface area contributed by atoms with Crippen LogP contribution in [0.4, 0.5) is 10.1 Å². The highest BCUT2D eigenvalue weighted by Gasteiger charge is 2.17. The van der Waals surface area contributed by atoms with Crippen molar-refractivity contribution in [1.82, 2.24) is 0 Å². The molecule has 5 N–H and O–H groups in total. The summed E-state index contributed by atoms with van der Waals surface area (Å²) in [4.78, 5) is 23.1. The summed E-state index contributed by atoms with van der Waals surface area (Å²) in [7, 11) is 0. The van der Waals surface area contributed by atoms with Gasteiger partial charge in [-0.1, -0.05) is 30.3 Å². The molecule has 2 rings (SSSR count). The van der Waals surface area contributed by atoms with Crippen molar-refractivity contribution in [3.63, 3.8) is 0 Å². The number of amides is 2. The Morgan fingerprint density at radius 1 is 1.10 bits per heavy atom. The zero-order chi connectivity index (χ0) is 15.4. The second-order valence-corrected chi connectivity index (χ2v) is 4.44. The lowest BCUT2D eigenvalue weighted by Crippen LogP contribution is -2.28. The second-order valence-electron chi connectivity index (χ2n) is 4.44. The predicted molar refractivity (Wildman–Crippen MR) is 76.9 cm³/mol. The van der Waals surface area contributed by atoms with Crippen molar-refractivity contribution in [3.8, 4) is 0 Å². The molecule has 0 aliphatic heterocycles. The fourth-order valence-electron chi connectivity index (χ4n) is 1.80. The van der Waals surface area contributed by atoms with E-state index in [9.17, 15) is 14.0 Å². The molecule has 5 nitrogen and oxygen atoms in total. The number of halogens is 1. The molecule has 108 valence electrons. The number of nitrogens with one attached hydrogen (secondary N) is 1. The molecule has 0 aliphatic carbocycles. The number of carbonyl (C=O) groups excluding carboxylic acids is 2. The van der Waals surface area contributed by atoms with Gasteiger partial charge in [-0.3, -0.25) is 9.59 Å². The first-order valence-electron chi connectivity index (χ1n) is 6.20. The van der Waals surface area contributed by atoms with E-state index in [1.807, 2.05) is 0 Å². The predicted octanol–water partition coefficient (Wildman–Crippen LogP) is 1.56. The molecule has 2 aromatic rings. The summed E-state index contributed by atoms with van der Waals surface area (Å²) in [6, 6.07) is 11.2. The molecule has 0 radical (unpaired) electrons. The molecule has 0 bridgehead atoms. The van der Waals surface area contributed by atoms with E-state index < -0.39 is 23.7 Å². The van der Waals surface area contributed by atoms with Crippen molar-refractivity contribution in [2.24, 2.45) is 11.5 Å². The lowest BCUT2D eigenvalue weighted by molar-refractivity contribution is -0.117. The summed E-state index contributed by atoms with van der Waals surface area (Å²) in [5, 5.41) is 2.36. The molecule has 0 saturated carbocycles. The highest BCUT2D eigenvalue weighted by Crippen LogP contribution is 2.18. The third-order valence-corrected chi connectivity index (χ3v) is 2.95. The number of hydrogen-bond donors (Lipinski definition) is 3. The summed E-state index contributed by atoms with van der Waals surface area (Å²) >= 11 is 0. The van der Waals surface area contributed by atoms with Crippen molar-refractivity contribution < 1.29 is 14.0 Å². The third kappa shape index (κ3) is 3.43. The van der Waals surface area contributed by atoms with E-state index >= 15 is 0 Å². The van der Waals surface area contributed by atoms with Gasteiger partial charge < -0.3 is 16.8 Å². The van der Waals surface area contributed by atoms with E-state index in [2.05, 4.69) is 5.32 Å². The van der Waals surface area contributed by atoms with Crippen LogP contribution in [0.3, 0.4) is 0 Å². The van der Waals surface area contributed by atoms with E-state index in [4.69, 9.17) is 11.5 Å². The molecule has 21 heavy (non-hydrogen) atoms. The molecule has 1 atom stereocenters. The fraction of sp³-hybridized carbons (Fsp3) is 0.0667. The van der Waals surface area contributed by atoms with Gasteiger partial charge in [-0.25, -0.2) is 4.39 Å². The van der Waals surface area contributed by atoms with Crippen LogP contribution in [-0.4, -0.2) is 11.8 Å². The first kappa shape index (κ1) is 14.7. The Morgan fingerprint density at radius 3 is 2.38 bits per heavy atom. The number of rotatable bonds is 4. The van der Waals surface area contributed by atoms with Crippen LogP contribution < -0.4 is 16.8 Å². The molecular weight excluding hydrogens is 273 g/mol. The van der Waals surface area contributed by atoms with E-state index in [1.54, 1.807) is 30.3 Å². The van der Waals surface area contributed by atoms with Crippen molar-refractivity contribution in [1.29, 1.82) is 0 Å². The molecular formula is C15H14FN3O2. The number of benzene rings is 2. The van der Waals surface area contributed by atoms with E-state index in [0.29, 0.717) is 5.56 Å². The summed E-state index contributed by atoms with van der Waals surface area (Å²) in [5.41, 5.74) is 11.5. The monoisotopic (exact) mass is 287 g/mol. The molecule has 0 unspecified atom stereocenters. The lowest BCUT2D eigenvalue weighted by atomic mass is 10.1. The molecule has 6 heteroatoms. The zero-order valence-electron chi connectivity index (χ0n) is 11.0. The number of carbonyl (C=O) groups is 2. The van der Waals surface area contributed by atoms with E-state index in [0.717, 1.165) is 6.07 Å². The van der Waals surface area contributed by atoms with Gasteiger partial charge in [0, 0.05) is 5.56 Å². The maximum absolute atomic E-state index is 13.7. The van der Waals surface area contributed by atoms with Crippen LogP contribution in [-0.2, 0) is 4.79 Å². The highest BCUT2D eigenvalue weighted by molar-refractivity contribution is 5.98. The minimum atomic E-state index is -0.942. The zero-order valence-corrected chi connectivity index (χ0v) is 11.0. The summed E-state index contributed by atoms with van der Waals surface area (Å²) in [6.45, 7) is 0. The Balaban J connectivity index is 2.20. The second kappa shape index (κ2) is 6.15. The average Bonchev–Trinajstić information content (AvgIpc) is 2.49. The van der Waals surface area contributed by atoms with Crippen LogP contribution in [0, 0.1) is 5.82 Å². The molecule has 0 aromatic heterocycles.